The zero-order chi connectivity index (χ0) is 73.8. The van der Waals surface area contributed by atoms with Gasteiger partial charge in [0.15, 0.2) is 37.9 Å². The Labute approximate surface area is 580 Å². The van der Waals surface area contributed by atoms with Crippen LogP contribution in [0, 0.1) is 0 Å². The molecule has 0 amide bonds. The molecule has 1 aliphatic rings. The van der Waals surface area contributed by atoms with Gasteiger partial charge in [0, 0.05) is 93.1 Å². The number of halogens is 12. The SMILES string of the molecule is CC(C)=O.F[P-](F)(F)(F)(F)F.F[P-](F)(F)(F)(F)F.OCC[n+]1ccc(-c2cc[n+](CCO)cc2)cc1.c1ccc2c(c1)c1ccccc1n2Cc1cc2cc(c1)OCCOCCOCCOCCOc1cc(Cn3c4ccccc4c4ccccc43)cc(c1)OCCOCCOCCOCCO2. The Bertz CT molecular complexity index is 3790. The Morgan fingerprint density at radius 2 is 0.559 bits per heavy atom. The molecule has 0 saturated heterocycles. The van der Waals surface area contributed by atoms with Crippen LogP contribution in [0.25, 0.3) is 54.7 Å². The maximum atomic E-state index is 9.87. The molecule has 0 aliphatic carbocycles. The Kier molecular flexibility index (Phi) is 28.8. The van der Waals surface area contributed by atoms with Crippen LogP contribution in [0.2, 0.25) is 0 Å². The third-order valence-corrected chi connectivity index (χ3v) is 14.2. The zero-order valence-corrected chi connectivity index (χ0v) is 57.8. The molecule has 0 fully saturated rings. The molecule has 17 nitrogen and oxygen atoms in total. The number of aliphatic hydroxyl groups excluding tert-OH is 2. The fourth-order valence-corrected chi connectivity index (χ4v) is 10.3. The molecule has 0 spiro atoms. The van der Waals surface area contributed by atoms with Gasteiger partial charge in [-0.05, 0) is 84.6 Å². The number of hydrogen-bond donors (Lipinski definition) is 2. The molecular formula is C71H82F12N4O13P2. The van der Waals surface area contributed by atoms with E-state index < -0.39 is 15.6 Å². The number of fused-ring (bicyclic) bond motifs is 10. The number of benzene rings is 6. The van der Waals surface area contributed by atoms with E-state index in [1.54, 1.807) is 0 Å². The first-order valence-electron chi connectivity index (χ1n) is 32.2. The molecule has 10 aromatic rings. The first kappa shape index (κ1) is 81.1. The topological polar surface area (TPSA) is 167 Å². The van der Waals surface area contributed by atoms with Crippen molar-refractivity contribution >= 4 is 65.0 Å². The van der Waals surface area contributed by atoms with E-state index in [2.05, 4.69) is 130 Å². The molecule has 0 atom stereocenters. The van der Waals surface area contributed by atoms with E-state index in [-0.39, 0.29) is 19.0 Å². The van der Waals surface area contributed by atoms with Crippen molar-refractivity contribution in [3.63, 3.8) is 0 Å². The molecule has 31 heteroatoms. The normalized spacial score (nSPS) is 15.9. The van der Waals surface area contributed by atoms with E-state index >= 15 is 0 Å². The fourth-order valence-electron chi connectivity index (χ4n) is 10.3. The molecule has 102 heavy (non-hydrogen) atoms. The Morgan fingerprint density at radius 1 is 0.353 bits per heavy atom. The zero-order valence-electron chi connectivity index (χ0n) is 56.0. The summed E-state index contributed by atoms with van der Waals surface area (Å²) in [5.74, 6) is 3.02. The first-order valence-corrected chi connectivity index (χ1v) is 36.3. The maximum Gasteiger partial charge on any atom is 0.171 e. The quantitative estimate of drug-likeness (QED) is 0.0797. The van der Waals surface area contributed by atoms with Gasteiger partial charge in [0.05, 0.1) is 79.3 Å². The number of pyridine rings is 2. The monoisotopic (exact) mass is 1490 g/mol. The average Bonchev–Trinajstić information content (AvgIpc) is 1.61. The molecule has 11 rings (SSSR count). The molecule has 5 heterocycles. The van der Waals surface area contributed by atoms with E-state index in [4.69, 9.17) is 57.6 Å². The van der Waals surface area contributed by atoms with Crippen molar-refractivity contribution in [1.82, 2.24) is 9.13 Å². The van der Waals surface area contributed by atoms with Gasteiger partial charge in [-0.3, -0.25) is 0 Å². The van der Waals surface area contributed by atoms with Crippen molar-refractivity contribution in [2.45, 2.75) is 40.0 Å². The summed E-state index contributed by atoms with van der Waals surface area (Å²) in [4.78, 5) is 9.44. The third kappa shape index (κ3) is 32.0. The van der Waals surface area contributed by atoms with Gasteiger partial charge >= 0.3 is 66.0 Å². The van der Waals surface area contributed by atoms with Crippen LogP contribution in [-0.4, -0.2) is 144 Å². The first-order chi connectivity index (χ1) is 48.2. The number of aliphatic hydroxyl groups is 2. The van der Waals surface area contributed by atoms with E-state index in [9.17, 15) is 55.2 Å². The number of hydrogen-bond acceptors (Lipinski definition) is 13. The summed E-state index contributed by atoms with van der Waals surface area (Å²) in [6.07, 6.45) is 7.83. The molecule has 1 aliphatic heterocycles. The summed E-state index contributed by atoms with van der Waals surface area (Å²) in [5.41, 5.74) is 9.11. The van der Waals surface area contributed by atoms with Crippen LogP contribution in [0.15, 0.2) is 183 Å². The number of rotatable bonds is 9. The molecule has 4 bridgehead atoms. The fraction of sp³-hybridized carbons (Fsp3) is 0.338. The minimum atomic E-state index is -10.7. The van der Waals surface area contributed by atoms with Crippen LogP contribution in [-0.2, 0) is 59.4 Å². The Balaban J connectivity index is 0.000000329. The standard InChI is InChI=1S/C54H58N2O10.C14H18N2O2.C3H6O.2F6P/c1-5-13-51-47(9-1)48-10-2-6-14-52(48)55(51)39-41-33-43-37-44(34-41)64-30-26-60-22-18-58-20-24-62-28-32-66-46-36-42(40-56-53-15-7-3-11-49(53)50-12-4-8-16-54(50)56)35-45(38-46)65-31-27-61-23-19-57-17-21-59-25-29-63-43;17-11-9-15-5-1-13(2-6-15)14-3-7-16(8-4-14)10-12-18;1-3(2)4;2*1-7(2,3,4,5)6/h1-16,33-38H,17-32,39-40H2;1-8,17-18H,9-12H2;1-2H3;;/q;+2;;2*-1. The van der Waals surface area contributed by atoms with Crippen molar-refractivity contribution in [2.24, 2.45) is 0 Å². The molecule has 4 aromatic heterocycles. The number of carbonyl (C=O) groups is 1. The number of nitrogens with zero attached hydrogens (tertiary/aromatic N) is 4. The van der Waals surface area contributed by atoms with Gasteiger partial charge in [-0.25, -0.2) is 9.13 Å². The number of para-hydroxylation sites is 4. The minimum absolute atomic E-state index is 0.149. The van der Waals surface area contributed by atoms with Crippen LogP contribution in [0.5, 0.6) is 23.0 Å². The second-order valence-corrected chi connectivity index (χ2v) is 26.7. The predicted octanol–water partition coefficient (Wildman–Crippen LogP) is 16.6. The van der Waals surface area contributed by atoms with E-state index in [0.29, 0.717) is 155 Å². The van der Waals surface area contributed by atoms with Gasteiger partial charge in [0.25, 0.3) is 0 Å². The Hall–Kier alpha value is -8.21. The summed E-state index contributed by atoms with van der Waals surface area (Å²) in [5, 5.41) is 22.6. The minimum Gasteiger partial charge on any atom is -0.491 e. The van der Waals surface area contributed by atoms with Crippen LogP contribution in [0.3, 0.4) is 0 Å². The number of ketones is 1. The molecule has 0 unspecified atom stereocenters. The molecule has 2 N–H and O–H groups in total. The van der Waals surface area contributed by atoms with Gasteiger partial charge in [-0.15, -0.1) is 0 Å². The van der Waals surface area contributed by atoms with E-state index in [0.717, 1.165) is 22.3 Å². The molecule has 6 aromatic carbocycles. The molecule has 0 radical (unpaired) electrons. The van der Waals surface area contributed by atoms with Gasteiger partial charge < -0.3 is 71.5 Å². The number of aromatic nitrogens is 4. The van der Waals surface area contributed by atoms with Crippen molar-refractivity contribution in [2.75, 3.05) is 119 Å². The number of carbonyl (C=O) groups excluding carboxylic acids is 1. The van der Waals surface area contributed by atoms with Crippen LogP contribution in [0.4, 0.5) is 50.4 Å². The van der Waals surface area contributed by atoms with Gasteiger partial charge in [-0.2, -0.15) is 0 Å². The van der Waals surface area contributed by atoms with Crippen molar-refractivity contribution < 1.29 is 122 Å². The third-order valence-electron chi connectivity index (χ3n) is 14.2. The summed E-state index contributed by atoms with van der Waals surface area (Å²) in [6.45, 7) is 12.7. The van der Waals surface area contributed by atoms with Crippen LogP contribution in [0.1, 0.15) is 25.0 Å². The van der Waals surface area contributed by atoms with Crippen molar-refractivity contribution in [3.8, 4) is 34.1 Å². The summed E-state index contributed by atoms with van der Waals surface area (Å²) < 4.78 is 187. The summed E-state index contributed by atoms with van der Waals surface area (Å²) in [7, 11) is -21.3. The smallest absolute Gasteiger partial charge is 0.171 e. The van der Waals surface area contributed by atoms with E-state index in [1.807, 2.05) is 70.3 Å². The van der Waals surface area contributed by atoms with Gasteiger partial charge in [0.2, 0.25) is 0 Å². The predicted molar refractivity (Wildman–Crippen MR) is 367 cm³/mol. The summed E-state index contributed by atoms with van der Waals surface area (Å²) >= 11 is 0. The second kappa shape index (κ2) is 36.3. The van der Waals surface area contributed by atoms with Crippen LogP contribution >= 0.6 is 15.6 Å². The van der Waals surface area contributed by atoms with Gasteiger partial charge in [0.1, 0.15) is 68.4 Å². The largest absolute Gasteiger partial charge is 0.491 e. The Morgan fingerprint density at radius 3 is 0.775 bits per heavy atom. The summed E-state index contributed by atoms with van der Waals surface area (Å²) in [6, 6.07) is 54.3. The average molecular weight is 1490 g/mol. The maximum absolute atomic E-state index is 10.7. The number of Topliss-reactive ketones (excluding diaryl/α,β-unsaturated/α-hetero) is 1. The molecular weight excluding hydrogens is 1410 g/mol. The van der Waals surface area contributed by atoms with Crippen molar-refractivity contribution in [3.05, 3.63) is 194 Å². The van der Waals surface area contributed by atoms with E-state index in [1.165, 1.54) is 57.5 Å². The molecule has 558 valence electrons. The van der Waals surface area contributed by atoms with Gasteiger partial charge in [-0.1, -0.05) is 72.8 Å². The van der Waals surface area contributed by atoms with Crippen LogP contribution < -0.4 is 28.1 Å². The van der Waals surface area contributed by atoms with Crippen molar-refractivity contribution in [1.29, 1.82) is 0 Å². The number of ether oxygens (including phenoxy) is 10. The molecule has 0 saturated carbocycles. The second-order valence-electron chi connectivity index (χ2n) is 22.9.